The van der Waals surface area contributed by atoms with Gasteiger partial charge in [-0.15, -0.1) is 0 Å². The lowest BCUT2D eigenvalue weighted by atomic mass is 9.47. The summed E-state index contributed by atoms with van der Waals surface area (Å²) in [4.78, 5) is 28.2. The molecule has 3 saturated carbocycles. The predicted octanol–water partition coefficient (Wildman–Crippen LogP) is 15.4. The molecule has 0 bridgehead atoms. The summed E-state index contributed by atoms with van der Waals surface area (Å²) >= 11 is 0. The smallest absolute Gasteiger partial charge is 0.306 e. The second-order valence-corrected chi connectivity index (χ2v) is 23.2. The van der Waals surface area contributed by atoms with Gasteiger partial charge in [-0.25, -0.2) is 0 Å². The molecular formula is C60H103NO6. The Balaban J connectivity index is 0.909. The minimum Gasteiger partial charge on any atom is -0.463 e. The van der Waals surface area contributed by atoms with E-state index < -0.39 is 0 Å². The standard InChI is InChI=1S/C60H103NO6/c1-7-8-9-10-11-12-13-14-15-16-17-18-19-20-21-25-42-64-47-52(46-61-40-23-22-24-41-61)65-43-44-66-57(62)30-27-31-58(63)67-51-36-38-59(5)50(45-51)32-33-53-55-35-34-54(49(4)29-26-28-48(2)3)60(55,6)39-37-56(53)59/h11-12,14-15,32,48-49,51-56H,7-10,13,16-31,33-47H2,1-6H3/b12-11-,15-14-/t49?,51-,52?,53?,54?,55?,56?,59?,60?/m0/s1. The number of hydrogen-bond acceptors (Lipinski definition) is 7. The number of likely N-dealkylation sites (tertiary alicyclic amines) is 1. The molecule has 5 aliphatic rings. The van der Waals surface area contributed by atoms with E-state index in [-0.39, 0.29) is 49.0 Å². The lowest BCUT2D eigenvalue weighted by molar-refractivity contribution is -0.152. The van der Waals surface area contributed by atoms with Crippen LogP contribution in [0.2, 0.25) is 0 Å². The fourth-order valence-corrected chi connectivity index (χ4v) is 13.8. The topological polar surface area (TPSA) is 74.3 Å². The van der Waals surface area contributed by atoms with Crippen LogP contribution >= 0.6 is 0 Å². The number of piperidine rings is 1. The molecule has 0 aromatic heterocycles. The number of ether oxygens (including phenoxy) is 4. The van der Waals surface area contributed by atoms with Crippen LogP contribution in [0.4, 0.5) is 0 Å². The Hall–Kier alpha value is -1.96. The number of hydrogen-bond donors (Lipinski definition) is 0. The van der Waals surface area contributed by atoms with E-state index in [1.165, 1.54) is 135 Å². The molecule has 67 heavy (non-hydrogen) atoms. The maximum atomic E-state index is 13.0. The second kappa shape index (κ2) is 30.7. The van der Waals surface area contributed by atoms with Crippen LogP contribution in [0.25, 0.3) is 0 Å². The van der Waals surface area contributed by atoms with E-state index in [4.69, 9.17) is 18.9 Å². The summed E-state index contributed by atoms with van der Waals surface area (Å²) < 4.78 is 24.0. The van der Waals surface area contributed by atoms with Crippen LogP contribution in [-0.4, -0.2) is 75.1 Å². The number of rotatable bonds is 33. The Kier molecular flexibility index (Phi) is 25.6. The molecule has 0 N–H and O–H groups in total. The Morgan fingerprint density at radius 3 is 2.24 bits per heavy atom. The molecule has 384 valence electrons. The quantitative estimate of drug-likeness (QED) is 0.0369. The van der Waals surface area contributed by atoms with Crippen molar-refractivity contribution in [2.75, 3.05) is 46.1 Å². The molecule has 1 aliphatic heterocycles. The number of carbonyl (C=O) groups excluding carboxylic acids is 2. The Morgan fingerprint density at radius 1 is 0.746 bits per heavy atom. The number of esters is 2. The van der Waals surface area contributed by atoms with Gasteiger partial charge in [0, 0.05) is 32.4 Å². The highest BCUT2D eigenvalue weighted by Gasteiger charge is 2.59. The fraction of sp³-hybridized carbons (Fsp3) is 0.867. The van der Waals surface area contributed by atoms with Crippen molar-refractivity contribution in [3.05, 3.63) is 36.0 Å². The maximum Gasteiger partial charge on any atom is 0.306 e. The molecule has 0 spiro atoms. The first-order valence-corrected chi connectivity index (χ1v) is 28.8. The first kappa shape index (κ1) is 56.0. The van der Waals surface area contributed by atoms with Gasteiger partial charge in [0.1, 0.15) is 12.7 Å². The molecular weight excluding hydrogens is 831 g/mol. The molecule has 0 amide bonds. The Labute approximate surface area is 412 Å². The molecule has 0 aromatic rings. The van der Waals surface area contributed by atoms with E-state index in [9.17, 15) is 9.59 Å². The number of fused-ring (bicyclic) bond motifs is 5. The monoisotopic (exact) mass is 934 g/mol. The minimum absolute atomic E-state index is 0.0313. The predicted molar refractivity (Wildman–Crippen MR) is 278 cm³/mol. The zero-order chi connectivity index (χ0) is 47.7. The second-order valence-electron chi connectivity index (χ2n) is 23.2. The van der Waals surface area contributed by atoms with E-state index in [0.717, 1.165) is 93.9 Å². The van der Waals surface area contributed by atoms with Crippen LogP contribution < -0.4 is 0 Å². The highest BCUT2D eigenvalue weighted by atomic mass is 16.6. The van der Waals surface area contributed by atoms with Crippen molar-refractivity contribution in [2.45, 2.75) is 240 Å². The van der Waals surface area contributed by atoms with Crippen molar-refractivity contribution in [1.29, 1.82) is 0 Å². The van der Waals surface area contributed by atoms with E-state index >= 15 is 0 Å². The maximum absolute atomic E-state index is 13.0. The van der Waals surface area contributed by atoms with Crippen molar-refractivity contribution in [2.24, 2.45) is 46.3 Å². The number of nitrogens with zero attached hydrogens (tertiary/aromatic N) is 1. The highest BCUT2D eigenvalue weighted by molar-refractivity contribution is 5.72. The van der Waals surface area contributed by atoms with Gasteiger partial charge in [0.05, 0.1) is 19.3 Å². The Bertz CT molecular complexity index is 1480. The molecule has 4 fully saturated rings. The summed E-state index contributed by atoms with van der Waals surface area (Å²) in [6.45, 7) is 19.8. The normalized spacial score (nSPS) is 28.6. The average molecular weight is 934 g/mol. The minimum atomic E-state index is -0.272. The van der Waals surface area contributed by atoms with Gasteiger partial charge >= 0.3 is 11.9 Å². The van der Waals surface area contributed by atoms with Gasteiger partial charge in [-0.3, -0.25) is 9.59 Å². The SMILES string of the molecule is CCCCC/C=C\C/C=C\CCCCCCCCOCC(CN1CCCCC1)OCCOC(=O)CCCC(=O)O[C@H]1CCC2(C)C(=CCC3C2CCC2(C)C(C(C)CCCC(C)C)CCC32)C1. The zero-order valence-electron chi connectivity index (χ0n) is 44.4. The van der Waals surface area contributed by atoms with E-state index in [1.807, 2.05) is 0 Å². The molecule has 8 unspecified atom stereocenters. The van der Waals surface area contributed by atoms with Crippen LogP contribution in [0.15, 0.2) is 36.0 Å². The van der Waals surface area contributed by atoms with Crippen LogP contribution in [-0.2, 0) is 28.5 Å². The molecule has 4 aliphatic carbocycles. The molecule has 0 aromatic carbocycles. The number of carbonyl (C=O) groups is 2. The molecule has 9 atom stereocenters. The molecule has 1 saturated heterocycles. The van der Waals surface area contributed by atoms with Crippen LogP contribution in [0.5, 0.6) is 0 Å². The number of unbranched alkanes of at least 4 members (excludes halogenated alkanes) is 9. The first-order valence-electron chi connectivity index (χ1n) is 28.8. The highest BCUT2D eigenvalue weighted by Crippen LogP contribution is 2.67. The van der Waals surface area contributed by atoms with E-state index in [1.54, 1.807) is 5.57 Å². The fourth-order valence-electron chi connectivity index (χ4n) is 13.8. The third-order valence-electron chi connectivity index (χ3n) is 17.7. The third kappa shape index (κ3) is 18.6. The van der Waals surface area contributed by atoms with Crippen molar-refractivity contribution in [3.8, 4) is 0 Å². The van der Waals surface area contributed by atoms with Gasteiger partial charge < -0.3 is 23.8 Å². The average Bonchev–Trinajstić information content (AvgIpc) is 3.67. The van der Waals surface area contributed by atoms with Gasteiger partial charge in [0.2, 0.25) is 0 Å². The van der Waals surface area contributed by atoms with Gasteiger partial charge in [-0.2, -0.15) is 0 Å². The largest absolute Gasteiger partial charge is 0.463 e. The Morgan fingerprint density at radius 2 is 1.48 bits per heavy atom. The molecule has 7 nitrogen and oxygen atoms in total. The van der Waals surface area contributed by atoms with Crippen molar-refractivity contribution < 1.29 is 28.5 Å². The van der Waals surface area contributed by atoms with Gasteiger partial charge in [-0.05, 0) is 162 Å². The summed E-state index contributed by atoms with van der Waals surface area (Å²) in [5.74, 6) is 4.51. The van der Waals surface area contributed by atoms with Crippen LogP contribution in [0.1, 0.15) is 228 Å². The lowest BCUT2D eigenvalue weighted by Crippen LogP contribution is -2.51. The van der Waals surface area contributed by atoms with Crippen molar-refractivity contribution in [3.63, 3.8) is 0 Å². The van der Waals surface area contributed by atoms with Crippen LogP contribution in [0, 0.1) is 46.3 Å². The molecule has 7 heteroatoms. The van der Waals surface area contributed by atoms with E-state index in [2.05, 4.69) is 76.8 Å². The van der Waals surface area contributed by atoms with Crippen LogP contribution in [0.3, 0.4) is 0 Å². The summed E-state index contributed by atoms with van der Waals surface area (Å²) in [7, 11) is 0. The van der Waals surface area contributed by atoms with Gasteiger partial charge in [0.25, 0.3) is 0 Å². The number of allylic oxidation sites excluding steroid dienone is 5. The van der Waals surface area contributed by atoms with Gasteiger partial charge in [0.15, 0.2) is 0 Å². The summed E-state index contributed by atoms with van der Waals surface area (Å²) in [6.07, 6.45) is 45.3. The zero-order valence-corrected chi connectivity index (χ0v) is 44.4. The molecule has 0 radical (unpaired) electrons. The first-order chi connectivity index (χ1) is 32.5. The summed E-state index contributed by atoms with van der Waals surface area (Å²) in [5.41, 5.74) is 2.30. The lowest BCUT2D eigenvalue weighted by Gasteiger charge is -2.58. The van der Waals surface area contributed by atoms with Gasteiger partial charge in [-0.1, -0.05) is 142 Å². The molecule has 1 heterocycles. The van der Waals surface area contributed by atoms with Crippen molar-refractivity contribution in [1.82, 2.24) is 4.90 Å². The van der Waals surface area contributed by atoms with Crippen molar-refractivity contribution >= 4 is 11.9 Å². The van der Waals surface area contributed by atoms with E-state index in [0.29, 0.717) is 25.0 Å². The third-order valence-corrected chi connectivity index (χ3v) is 17.7. The summed E-state index contributed by atoms with van der Waals surface area (Å²) in [5, 5.41) is 0. The molecule has 5 rings (SSSR count). The summed E-state index contributed by atoms with van der Waals surface area (Å²) in [6, 6.07) is 0.